The number of para-hydroxylation sites is 1. The number of isocyanates is 1. The molecule has 0 aliphatic rings. The molecule has 0 saturated carbocycles. The monoisotopic (exact) mass is 200 g/mol. The minimum atomic E-state index is 0.692. The van der Waals surface area contributed by atoms with E-state index in [9.17, 15) is 4.79 Å². The molecule has 76 valence electrons. The molecule has 1 aromatic carbocycles. The van der Waals surface area contributed by atoms with E-state index in [1.54, 1.807) is 6.08 Å². The third-order valence-corrected chi connectivity index (χ3v) is 2.61. The lowest BCUT2D eigenvalue weighted by atomic mass is 10.1. The molecule has 0 aliphatic carbocycles. The predicted molar refractivity (Wildman–Crippen MR) is 60.1 cm³/mol. The summed E-state index contributed by atoms with van der Waals surface area (Å²) in [6.07, 6.45) is 4.42. The maximum atomic E-state index is 10.3. The molecule has 0 unspecified atom stereocenters. The van der Waals surface area contributed by atoms with Gasteiger partial charge in [0, 0.05) is 18.6 Å². The summed E-state index contributed by atoms with van der Waals surface area (Å²) in [5.74, 6) is 0. The van der Waals surface area contributed by atoms with Crippen LogP contribution in [0.1, 0.15) is 12.5 Å². The minimum absolute atomic E-state index is 0.692. The summed E-state index contributed by atoms with van der Waals surface area (Å²) in [7, 11) is 1.96. The van der Waals surface area contributed by atoms with E-state index in [-0.39, 0.29) is 0 Å². The van der Waals surface area contributed by atoms with Gasteiger partial charge in [0.1, 0.15) is 5.69 Å². The third kappa shape index (κ3) is 1.47. The molecule has 1 heterocycles. The van der Waals surface area contributed by atoms with E-state index in [2.05, 4.69) is 18.0 Å². The third-order valence-electron chi connectivity index (χ3n) is 2.61. The SMILES string of the molecule is CCc1cccc2c(N=C=O)cn(C)c12. The second-order valence-corrected chi connectivity index (χ2v) is 3.50. The van der Waals surface area contributed by atoms with Crippen molar-refractivity contribution < 1.29 is 4.79 Å². The second-order valence-electron chi connectivity index (χ2n) is 3.50. The first-order valence-electron chi connectivity index (χ1n) is 4.92. The zero-order valence-electron chi connectivity index (χ0n) is 8.82. The number of hydrogen-bond acceptors (Lipinski definition) is 2. The van der Waals surface area contributed by atoms with Crippen molar-refractivity contribution in [2.75, 3.05) is 0 Å². The van der Waals surface area contributed by atoms with Gasteiger partial charge in [-0.2, -0.15) is 4.99 Å². The van der Waals surface area contributed by atoms with Gasteiger partial charge in [-0.3, -0.25) is 0 Å². The van der Waals surface area contributed by atoms with Crippen LogP contribution in [0.25, 0.3) is 10.9 Å². The van der Waals surface area contributed by atoms with Gasteiger partial charge in [-0.25, -0.2) is 4.79 Å². The molecule has 0 fully saturated rings. The normalized spacial score (nSPS) is 10.3. The smallest absolute Gasteiger partial charge is 0.240 e. The summed E-state index contributed by atoms with van der Waals surface area (Å²) in [6.45, 7) is 2.12. The number of carbonyl (C=O) groups excluding carboxylic acids is 1. The van der Waals surface area contributed by atoms with E-state index in [1.807, 2.05) is 29.9 Å². The van der Waals surface area contributed by atoms with Gasteiger partial charge in [-0.1, -0.05) is 25.1 Å². The van der Waals surface area contributed by atoms with Gasteiger partial charge in [0.2, 0.25) is 6.08 Å². The topological polar surface area (TPSA) is 34.4 Å². The number of benzene rings is 1. The number of nitrogens with zero attached hydrogens (tertiary/aromatic N) is 2. The average molecular weight is 200 g/mol. The van der Waals surface area contributed by atoms with Crippen molar-refractivity contribution in [2.45, 2.75) is 13.3 Å². The van der Waals surface area contributed by atoms with Crippen molar-refractivity contribution in [1.82, 2.24) is 4.57 Å². The minimum Gasteiger partial charge on any atom is -0.348 e. The highest BCUT2D eigenvalue weighted by molar-refractivity contribution is 5.94. The molecule has 0 radical (unpaired) electrons. The molecule has 0 saturated heterocycles. The molecule has 15 heavy (non-hydrogen) atoms. The summed E-state index contributed by atoms with van der Waals surface area (Å²) in [4.78, 5) is 14.0. The Balaban J connectivity index is 2.84. The Kier molecular flexibility index (Phi) is 2.40. The first kappa shape index (κ1) is 9.69. The average Bonchev–Trinajstić information content (AvgIpc) is 2.57. The maximum absolute atomic E-state index is 10.3. The summed E-state index contributed by atoms with van der Waals surface area (Å²) < 4.78 is 2.00. The van der Waals surface area contributed by atoms with Gasteiger partial charge in [0.15, 0.2) is 0 Å². The Labute approximate surface area is 88.0 Å². The number of rotatable bonds is 2. The van der Waals surface area contributed by atoms with Crippen LogP contribution in [-0.4, -0.2) is 10.6 Å². The highest BCUT2D eigenvalue weighted by Gasteiger charge is 2.08. The standard InChI is InChI=1S/C12H12N2O/c1-3-9-5-4-6-10-11(13-8-15)7-14(2)12(9)10/h4-7H,3H2,1-2H3. The fourth-order valence-corrected chi connectivity index (χ4v) is 1.96. The first-order valence-corrected chi connectivity index (χ1v) is 4.92. The second kappa shape index (κ2) is 3.71. The number of aromatic nitrogens is 1. The molecule has 0 spiro atoms. The Bertz CT molecular complexity index is 548. The number of aryl methyl sites for hydroxylation is 2. The van der Waals surface area contributed by atoms with Crippen molar-refractivity contribution in [3.63, 3.8) is 0 Å². The molecule has 3 heteroatoms. The zero-order chi connectivity index (χ0) is 10.8. The zero-order valence-corrected chi connectivity index (χ0v) is 8.82. The first-order chi connectivity index (χ1) is 7.27. The van der Waals surface area contributed by atoms with Crippen molar-refractivity contribution in [3.05, 3.63) is 30.0 Å². The molecule has 0 amide bonds. The Morgan fingerprint density at radius 1 is 1.47 bits per heavy atom. The van der Waals surface area contributed by atoms with Crippen LogP contribution in [0.5, 0.6) is 0 Å². The quantitative estimate of drug-likeness (QED) is 0.542. The predicted octanol–water partition coefficient (Wildman–Crippen LogP) is 2.71. The Hall–Kier alpha value is -1.86. The van der Waals surface area contributed by atoms with Gasteiger partial charge < -0.3 is 4.57 Å². The van der Waals surface area contributed by atoms with E-state index in [0.717, 1.165) is 17.3 Å². The highest BCUT2D eigenvalue weighted by Crippen LogP contribution is 2.29. The van der Waals surface area contributed by atoms with E-state index in [4.69, 9.17) is 0 Å². The lowest BCUT2D eigenvalue weighted by Gasteiger charge is -2.02. The molecule has 3 nitrogen and oxygen atoms in total. The van der Waals surface area contributed by atoms with Crippen LogP contribution in [0.4, 0.5) is 5.69 Å². The van der Waals surface area contributed by atoms with Gasteiger partial charge >= 0.3 is 0 Å². The molecule has 0 atom stereocenters. The molecular weight excluding hydrogens is 188 g/mol. The summed E-state index contributed by atoms with van der Waals surface area (Å²) >= 11 is 0. The fourth-order valence-electron chi connectivity index (χ4n) is 1.96. The van der Waals surface area contributed by atoms with E-state index < -0.39 is 0 Å². The lowest BCUT2D eigenvalue weighted by molar-refractivity contribution is 0.565. The van der Waals surface area contributed by atoms with Crippen LogP contribution in [-0.2, 0) is 18.3 Å². The molecule has 1 aromatic heterocycles. The highest BCUT2D eigenvalue weighted by atomic mass is 16.1. The van der Waals surface area contributed by atoms with Gasteiger partial charge in [-0.15, -0.1) is 0 Å². The van der Waals surface area contributed by atoms with Crippen molar-refractivity contribution in [2.24, 2.45) is 12.0 Å². The van der Waals surface area contributed by atoms with E-state index in [1.165, 1.54) is 5.56 Å². The Morgan fingerprint density at radius 3 is 2.93 bits per heavy atom. The van der Waals surface area contributed by atoms with Crippen LogP contribution in [0, 0.1) is 0 Å². The molecule has 0 N–H and O–H groups in total. The molecule has 2 rings (SSSR count). The lowest BCUT2D eigenvalue weighted by Crippen LogP contribution is -1.89. The Morgan fingerprint density at radius 2 is 2.27 bits per heavy atom. The van der Waals surface area contributed by atoms with E-state index >= 15 is 0 Å². The van der Waals surface area contributed by atoms with Crippen LogP contribution in [0.15, 0.2) is 29.4 Å². The number of hydrogen-bond donors (Lipinski definition) is 0. The van der Waals surface area contributed by atoms with Gasteiger partial charge in [-0.05, 0) is 12.0 Å². The van der Waals surface area contributed by atoms with Crippen LogP contribution in [0.2, 0.25) is 0 Å². The number of fused-ring (bicyclic) bond motifs is 1. The summed E-state index contributed by atoms with van der Waals surface area (Å²) in [5.41, 5.74) is 3.11. The van der Waals surface area contributed by atoms with Crippen molar-refractivity contribution >= 4 is 22.7 Å². The largest absolute Gasteiger partial charge is 0.348 e. The van der Waals surface area contributed by atoms with Gasteiger partial charge in [0.05, 0.1) is 5.52 Å². The van der Waals surface area contributed by atoms with Gasteiger partial charge in [0.25, 0.3) is 0 Å². The molecular formula is C12H12N2O. The number of aliphatic imine (C=N–C) groups is 1. The summed E-state index contributed by atoms with van der Waals surface area (Å²) in [5, 5.41) is 1.01. The fraction of sp³-hybridized carbons (Fsp3) is 0.250. The van der Waals surface area contributed by atoms with Crippen LogP contribution in [0.3, 0.4) is 0 Å². The van der Waals surface area contributed by atoms with Crippen LogP contribution >= 0.6 is 0 Å². The van der Waals surface area contributed by atoms with E-state index in [0.29, 0.717) is 5.69 Å². The van der Waals surface area contributed by atoms with Crippen LogP contribution < -0.4 is 0 Å². The molecule has 0 aliphatic heterocycles. The van der Waals surface area contributed by atoms with Crippen molar-refractivity contribution in [3.8, 4) is 0 Å². The molecule has 0 bridgehead atoms. The van der Waals surface area contributed by atoms with Crippen molar-refractivity contribution in [1.29, 1.82) is 0 Å². The summed E-state index contributed by atoms with van der Waals surface area (Å²) in [6, 6.07) is 6.06. The maximum Gasteiger partial charge on any atom is 0.240 e. The molecule has 2 aromatic rings.